The summed E-state index contributed by atoms with van der Waals surface area (Å²) in [6.07, 6.45) is 1.84. The molecule has 0 heterocycles. The van der Waals surface area contributed by atoms with Crippen LogP contribution >= 0.6 is 11.6 Å². The SMILES string of the molecule is COCCCCNC(=O)CNc1cc(Cl)ccc1OC. The Balaban J connectivity index is 2.32. The molecular weight excluding hydrogens is 280 g/mol. The Labute approximate surface area is 124 Å². The van der Waals surface area contributed by atoms with Gasteiger partial charge in [0.2, 0.25) is 5.91 Å². The van der Waals surface area contributed by atoms with Gasteiger partial charge in [-0.05, 0) is 31.0 Å². The van der Waals surface area contributed by atoms with Crippen LogP contribution in [0.4, 0.5) is 5.69 Å². The molecular formula is C14H21ClN2O3. The first-order chi connectivity index (χ1) is 9.67. The van der Waals surface area contributed by atoms with Crippen molar-refractivity contribution in [2.24, 2.45) is 0 Å². The highest BCUT2D eigenvalue weighted by Gasteiger charge is 2.06. The van der Waals surface area contributed by atoms with Crippen LogP contribution in [-0.4, -0.2) is 39.8 Å². The number of hydrogen-bond acceptors (Lipinski definition) is 4. The highest BCUT2D eigenvalue weighted by Crippen LogP contribution is 2.27. The molecule has 5 nitrogen and oxygen atoms in total. The standard InChI is InChI=1S/C14H21ClN2O3/c1-19-8-4-3-7-16-14(18)10-17-12-9-11(15)5-6-13(12)20-2/h5-6,9,17H,3-4,7-8,10H2,1-2H3,(H,16,18). The summed E-state index contributed by atoms with van der Waals surface area (Å²) in [7, 11) is 3.24. The third-order valence-electron chi connectivity index (χ3n) is 2.70. The first-order valence-electron chi connectivity index (χ1n) is 6.50. The molecule has 0 unspecified atom stereocenters. The number of hydrogen-bond donors (Lipinski definition) is 2. The minimum atomic E-state index is -0.0653. The molecule has 20 heavy (non-hydrogen) atoms. The maximum atomic E-state index is 11.7. The molecule has 0 saturated carbocycles. The molecule has 1 amide bonds. The summed E-state index contributed by atoms with van der Waals surface area (Å²) < 4.78 is 10.1. The van der Waals surface area contributed by atoms with E-state index < -0.39 is 0 Å². The molecule has 0 radical (unpaired) electrons. The van der Waals surface area contributed by atoms with Crippen LogP contribution in [0.2, 0.25) is 5.02 Å². The number of rotatable bonds is 9. The van der Waals surface area contributed by atoms with Crippen molar-refractivity contribution in [3.63, 3.8) is 0 Å². The van der Waals surface area contributed by atoms with Gasteiger partial charge in [0.05, 0.1) is 19.3 Å². The third kappa shape index (κ3) is 6.12. The molecule has 0 aliphatic carbocycles. The molecule has 0 bridgehead atoms. The first-order valence-corrected chi connectivity index (χ1v) is 6.88. The smallest absolute Gasteiger partial charge is 0.239 e. The lowest BCUT2D eigenvalue weighted by atomic mass is 10.3. The lowest BCUT2D eigenvalue weighted by Crippen LogP contribution is -2.30. The van der Waals surface area contributed by atoms with Gasteiger partial charge >= 0.3 is 0 Å². The van der Waals surface area contributed by atoms with Crippen molar-refractivity contribution >= 4 is 23.2 Å². The molecule has 0 spiro atoms. The van der Waals surface area contributed by atoms with Crippen LogP contribution in [0.25, 0.3) is 0 Å². The fourth-order valence-corrected chi connectivity index (χ4v) is 1.83. The van der Waals surface area contributed by atoms with Crippen molar-refractivity contribution in [3.8, 4) is 5.75 Å². The van der Waals surface area contributed by atoms with Gasteiger partial charge in [0.25, 0.3) is 0 Å². The largest absolute Gasteiger partial charge is 0.495 e. The van der Waals surface area contributed by atoms with Crippen molar-refractivity contribution in [2.45, 2.75) is 12.8 Å². The van der Waals surface area contributed by atoms with Gasteiger partial charge in [0.15, 0.2) is 0 Å². The molecule has 2 N–H and O–H groups in total. The Morgan fingerprint density at radius 1 is 1.30 bits per heavy atom. The van der Waals surface area contributed by atoms with Crippen LogP contribution in [0, 0.1) is 0 Å². The van der Waals surface area contributed by atoms with Crippen molar-refractivity contribution in [1.82, 2.24) is 5.32 Å². The number of carbonyl (C=O) groups is 1. The molecule has 0 aliphatic heterocycles. The molecule has 0 atom stereocenters. The molecule has 1 aromatic carbocycles. The monoisotopic (exact) mass is 300 g/mol. The van der Waals surface area contributed by atoms with Crippen molar-refractivity contribution in [3.05, 3.63) is 23.2 Å². The first kappa shape index (κ1) is 16.6. The van der Waals surface area contributed by atoms with E-state index in [1.54, 1.807) is 32.4 Å². The average Bonchev–Trinajstić information content (AvgIpc) is 2.45. The average molecular weight is 301 g/mol. The molecule has 112 valence electrons. The summed E-state index contributed by atoms with van der Waals surface area (Å²) in [5.74, 6) is 0.590. The van der Waals surface area contributed by atoms with Crippen molar-refractivity contribution in [2.75, 3.05) is 39.2 Å². The van der Waals surface area contributed by atoms with Crippen LogP contribution < -0.4 is 15.4 Å². The number of methoxy groups -OCH3 is 2. The topological polar surface area (TPSA) is 59.6 Å². The number of ether oxygens (including phenoxy) is 2. The van der Waals surface area contributed by atoms with E-state index in [0.29, 0.717) is 29.6 Å². The Kier molecular flexibility index (Phi) is 7.84. The zero-order valence-corrected chi connectivity index (χ0v) is 12.6. The zero-order valence-electron chi connectivity index (χ0n) is 11.9. The summed E-state index contributed by atoms with van der Waals surface area (Å²) in [5.41, 5.74) is 0.703. The lowest BCUT2D eigenvalue weighted by Gasteiger charge is -2.11. The van der Waals surface area contributed by atoms with Crippen LogP contribution in [0.3, 0.4) is 0 Å². The highest BCUT2D eigenvalue weighted by molar-refractivity contribution is 6.30. The lowest BCUT2D eigenvalue weighted by molar-refractivity contribution is -0.119. The van der Waals surface area contributed by atoms with Gasteiger partial charge in [-0.15, -0.1) is 0 Å². The number of benzene rings is 1. The second kappa shape index (κ2) is 9.44. The van der Waals surface area contributed by atoms with Crippen molar-refractivity contribution in [1.29, 1.82) is 0 Å². The molecule has 0 aliphatic rings. The molecule has 0 aromatic heterocycles. The Hall–Kier alpha value is -1.46. The second-order valence-corrected chi connectivity index (χ2v) is 4.68. The molecule has 6 heteroatoms. The van der Waals surface area contributed by atoms with Crippen molar-refractivity contribution < 1.29 is 14.3 Å². The van der Waals surface area contributed by atoms with Gasteiger partial charge in [-0.3, -0.25) is 4.79 Å². The van der Waals surface area contributed by atoms with E-state index in [1.807, 2.05) is 0 Å². The fourth-order valence-electron chi connectivity index (χ4n) is 1.66. The van der Waals surface area contributed by atoms with E-state index in [1.165, 1.54) is 0 Å². The fraction of sp³-hybridized carbons (Fsp3) is 0.500. The molecule has 1 rings (SSSR count). The minimum Gasteiger partial charge on any atom is -0.495 e. The summed E-state index contributed by atoms with van der Waals surface area (Å²) in [6, 6.07) is 5.22. The number of nitrogens with one attached hydrogen (secondary N) is 2. The number of anilines is 1. The van der Waals surface area contributed by atoms with Gasteiger partial charge in [0.1, 0.15) is 5.75 Å². The predicted molar refractivity (Wildman–Crippen MR) is 80.6 cm³/mol. The summed E-state index contributed by atoms with van der Waals surface area (Å²) >= 11 is 5.91. The van der Waals surface area contributed by atoms with E-state index in [2.05, 4.69) is 10.6 Å². The number of halogens is 1. The quantitative estimate of drug-likeness (QED) is 0.687. The van der Waals surface area contributed by atoms with E-state index in [-0.39, 0.29) is 12.5 Å². The summed E-state index contributed by atoms with van der Waals surface area (Å²) in [5, 5.41) is 6.43. The molecule has 1 aromatic rings. The van der Waals surface area contributed by atoms with Gasteiger partial charge in [-0.25, -0.2) is 0 Å². The second-order valence-electron chi connectivity index (χ2n) is 4.25. The third-order valence-corrected chi connectivity index (χ3v) is 2.93. The predicted octanol–water partition coefficient (Wildman–Crippen LogP) is 2.30. The normalized spacial score (nSPS) is 10.2. The van der Waals surface area contributed by atoms with Gasteiger partial charge in [-0.1, -0.05) is 11.6 Å². The Bertz CT molecular complexity index is 427. The Morgan fingerprint density at radius 3 is 2.80 bits per heavy atom. The number of unbranched alkanes of at least 4 members (excludes halogenated alkanes) is 1. The number of amides is 1. The van der Waals surface area contributed by atoms with Gasteiger partial charge in [0, 0.05) is 25.3 Å². The maximum Gasteiger partial charge on any atom is 0.239 e. The zero-order chi connectivity index (χ0) is 14.8. The number of carbonyl (C=O) groups excluding carboxylic acids is 1. The molecule has 0 saturated heterocycles. The van der Waals surface area contributed by atoms with Gasteiger partial charge in [-0.2, -0.15) is 0 Å². The van der Waals surface area contributed by atoms with Crippen LogP contribution in [0.5, 0.6) is 5.75 Å². The van der Waals surface area contributed by atoms with E-state index in [9.17, 15) is 4.79 Å². The highest BCUT2D eigenvalue weighted by atomic mass is 35.5. The van der Waals surface area contributed by atoms with E-state index >= 15 is 0 Å². The summed E-state index contributed by atoms with van der Waals surface area (Å²) in [6.45, 7) is 1.55. The minimum absolute atomic E-state index is 0.0653. The maximum absolute atomic E-state index is 11.7. The van der Waals surface area contributed by atoms with Crippen LogP contribution in [-0.2, 0) is 9.53 Å². The Morgan fingerprint density at radius 2 is 2.10 bits per heavy atom. The van der Waals surface area contributed by atoms with Crippen LogP contribution in [0.15, 0.2) is 18.2 Å². The van der Waals surface area contributed by atoms with E-state index in [0.717, 1.165) is 12.8 Å². The summed E-state index contributed by atoms with van der Waals surface area (Å²) in [4.78, 5) is 11.7. The van der Waals surface area contributed by atoms with Crippen LogP contribution in [0.1, 0.15) is 12.8 Å². The van der Waals surface area contributed by atoms with Gasteiger partial charge < -0.3 is 20.1 Å². The van der Waals surface area contributed by atoms with E-state index in [4.69, 9.17) is 21.1 Å². The molecule has 0 fully saturated rings.